The molecule has 1 rings (SSSR count). The van der Waals surface area contributed by atoms with E-state index >= 15 is 0 Å². The van der Waals surface area contributed by atoms with Gasteiger partial charge in [-0.15, -0.1) is 0 Å². The lowest BCUT2D eigenvalue weighted by atomic mass is 10.2. The number of amidine groups is 1. The highest BCUT2D eigenvalue weighted by Crippen LogP contribution is 2.03. The molecular weight excluding hydrogens is 167 g/mol. The van der Waals surface area contributed by atoms with Gasteiger partial charge in [0.15, 0.2) is 0 Å². The summed E-state index contributed by atoms with van der Waals surface area (Å²) >= 11 is 0. The topological polar surface area (TPSA) is 35.9 Å². The van der Waals surface area contributed by atoms with Crippen molar-refractivity contribution < 1.29 is 4.39 Å². The van der Waals surface area contributed by atoms with Crippen molar-refractivity contribution in [2.45, 2.75) is 19.9 Å². The number of halogens is 1. The maximum atomic E-state index is 12.7. The van der Waals surface area contributed by atoms with Crippen LogP contribution in [-0.4, -0.2) is 11.9 Å². The zero-order valence-electron chi connectivity index (χ0n) is 7.76. The highest BCUT2D eigenvalue weighted by atomic mass is 19.1. The highest BCUT2D eigenvalue weighted by molar-refractivity contribution is 5.96. The summed E-state index contributed by atoms with van der Waals surface area (Å²) in [5.41, 5.74) is 0.578. The zero-order chi connectivity index (χ0) is 9.84. The highest BCUT2D eigenvalue weighted by Gasteiger charge is 2.02. The predicted octanol–water partition coefficient (Wildman–Crippen LogP) is 2.15. The van der Waals surface area contributed by atoms with Gasteiger partial charge in [-0.2, -0.15) is 0 Å². The molecule has 0 radical (unpaired) electrons. The molecule has 0 saturated heterocycles. The van der Waals surface area contributed by atoms with Crippen LogP contribution in [0.2, 0.25) is 0 Å². The molecule has 0 atom stereocenters. The second-order valence-corrected chi connectivity index (χ2v) is 3.18. The number of rotatable bonds is 2. The lowest BCUT2D eigenvalue weighted by molar-refractivity contribution is 0.627. The van der Waals surface area contributed by atoms with E-state index in [9.17, 15) is 4.39 Å². The summed E-state index contributed by atoms with van der Waals surface area (Å²) in [7, 11) is 0. The van der Waals surface area contributed by atoms with Crippen LogP contribution < -0.4 is 5.32 Å². The van der Waals surface area contributed by atoms with Gasteiger partial charge in [-0.3, -0.25) is 5.41 Å². The number of benzene rings is 1. The number of nitrogens with one attached hydrogen (secondary N) is 2. The molecule has 0 aliphatic rings. The lowest BCUT2D eigenvalue weighted by Gasteiger charge is -2.10. The Labute approximate surface area is 77.3 Å². The smallest absolute Gasteiger partial charge is 0.125 e. The molecule has 0 saturated carbocycles. The van der Waals surface area contributed by atoms with Crippen LogP contribution in [0.1, 0.15) is 19.4 Å². The molecule has 0 aromatic heterocycles. The molecule has 0 spiro atoms. The third-order valence-corrected chi connectivity index (χ3v) is 1.55. The van der Waals surface area contributed by atoms with Gasteiger partial charge < -0.3 is 5.32 Å². The average Bonchev–Trinajstić information content (AvgIpc) is 2.03. The molecule has 13 heavy (non-hydrogen) atoms. The maximum Gasteiger partial charge on any atom is 0.125 e. The van der Waals surface area contributed by atoms with E-state index in [1.165, 1.54) is 12.1 Å². The molecule has 1 aromatic rings. The Morgan fingerprint density at radius 1 is 1.46 bits per heavy atom. The summed E-state index contributed by atoms with van der Waals surface area (Å²) in [4.78, 5) is 0. The normalized spacial score (nSPS) is 10.2. The number of hydrogen-bond donors (Lipinski definition) is 2. The van der Waals surface area contributed by atoms with E-state index in [2.05, 4.69) is 5.32 Å². The SMILES string of the molecule is CC(C)NC(=N)c1cccc(F)c1. The van der Waals surface area contributed by atoms with Gasteiger partial charge in [0, 0.05) is 11.6 Å². The Balaban J connectivity index is 2.77. The zero-order valence-corrected chi connectivity index (χ0v) is 7.76. The van der Waals surface area contributed by atoms with E-state index in [0.717, 1.165) is 0 Å². The molecule has 3 heteroatoms. The van der Waals surface area contributed by atoms with Crippen molar-refractivity contribution in [3.63, 3.8) is 0 Å². The lowest BCUT2D eigenvalue weighted by Crippen LogP contribution is -2.30. The third-order valence-electron chi connectivity index (χ3n) is 1.55. The molecule has 0 bridgehead atoms. The van der Waals surface area contributed by atoms with Gasteiger partial charge >= 0.3 is 0 Å². The summed E-state index contributed by atoms with van der Waals surface area (Å²) in [5.74, 6) is -0.0534. The van der Waals surface area contributed by atoms with Crippen molar-refractivity contribution in [2.75, 3.05) is 0 Å². The average molecular weight is 180 g/mol. The van der Waals surface area contributed by atoms with Crippen LogP contribution >= 0.6 is 0 Å². The van der Waals surface area contributed by atoms with Crippen molar-refractivity contribution in [1.82, 2.24) is 5.32 Å². The van der Waals surface area contributed by atoms with Crippen LogP contribution in [0.3, 0.4) is 0 Å². The summed E-state index contributed by atoms with van der Waals surface area (Å²) in [6, 6.07) is 6.21. The largest absolute Gasteiger partial charge is 0.368 e. The van der Waals surface area contributed by atoms with Crippen molar-refractivity contribution in [3.05, 3.63) is 35.6 Å². The molecule has 0 aliphatic heterocycles. The Kier molecular flexibility index (Phi) is 3.01. The molecule has 2 N–H and O–H groups in total. The van der Waals surface area contributed by atoms with Crippen LogP contribution in [0, 0.1) is 11.2 Å². The van der Waals surface area contributed by atoms with Gasteiger partial charge in [-0.05, 0) is 26.0 Å². The maximum absolute atomic E-state index is 12.7. The second-order valence-electron chi connectivity index (χ2n) is 3.18. The Bertz CT molecular complexity index is 308. The van der Waals surface area contributed by atoms with Gasteiger partial charge in [0.25, 0.3) is 0 Å². The van der Waals surface area contributed by atoms with Crippen molar-refractivity contribution >= 4 is 5.84 Å². The number of hydrogen-bond acceptors (Lipinski definition) is 1. The van der Waals surface area contributed by atoms with Gasteiger partial charge in [0.2, 0.25) is 0 Å². The predicted molar refractivity (Wildman–Crippen MR) is 51.5 cm³/mol. The summed E-state index contributed by atoms with van der Waals surface area (Å²) in [5, 5.41) is 10.5. The minimum atomic E-state index is -0.312. The first-order valence-corrected chi connectivity index (χ1v) is 4.20. The quantitative estimate of drug-likeness (QED) is 0.531. The fraction of sp³-hybridized carbons (Fsp3) is 0.300. The molecule has 0 unspecified atom stereocenters. The standard InChI is InChI=1S/C10H13FN2/c1-7(2)13-10(12)8-4-3-5-9(11)6-8/h3-7H,1-2H3,(H2,12,13). The van der Waals surface area contributed by atoms with Gasteiger partial charge in [0.1, 0.15) is 11.7 Å². The first-order chi connectivity index (χ1) is 6.09. The molecule has 1 aromatic carbocycles. The van der Waals surface area contributed by atoms with Gasteiger partial charge in [0.05, 0.1) is 0 Å². The fourth-order valence-electron chi connectivity index (χ4n) is 1.02. The molecule has 0 aliphatic carbocycles. The van der Waals surface area contributed by atoms with Crippen molar-refractivity contribution in [1.29, 1.82) is 5.41 Å². The molecule has 2 nitrogen and oxygen atoms in total. The monoisotopic (exact) mass is 180 g/mol. The van der Waals surface area contributed by atoms with E-state index in [4.69, 9.17) is 5.41 Å². The van der Waals surface area contributed by atoms with Gasteiger partial charge in [-0.1, -0.05) is 12.1 Å². The van der Waals surface area contributed by atoms with Crippen molar-refractivity contribution in [2.24, 2.45) is 0 Å². The second kappa shape index (κ2) is 4.03. The van der Waals surface area contributed by atoms with E-state index < -0.39 is 0 Å². The Morgan fingerprint density at radius 2 is 2.15 bits per heavy atom. The first kappa shape index (κ1) is 9.71. The summed E-state index contributed by atoms with van der Waals surface area (Å²) in [6.45, 7) is 3.88. The first-order valence-electron chi connectivity index (χ1n) is 4.20. The molecule has 0 heterocycles. The molecular formula is C10H13FN2. The van der Waals surface area contributed by atoms with Crippen molar-refractivity contribution in [3.8, 4) is 0 Å². The van der Waals surface area contributed by atoms with E-state index in [-0.39, 0.29) is 17.7 Å². The van der Waals surface area contributed by atoms with E-state index in [1.54, 1.807) is 12.1 Å². The minimum Gasteiger partial charge on any atom is -0.368 e. The molecule has 0 amide bonds. The van der Waals surface area contributed by atoms with E-state index in [1.807, 2.05) is 13.8 Å². The molecule has 70 valence electrons. The fourth-order valence-corrected chi connectivity index (χ4v) is 1.02. The summed E-state index contributed by atoms with van der Waals surface area (Å²) < 4.78 is 12.7. The van der Waals surface area contributed by atoms with E-state index in [0.29, 0.717) is 5.56 Å². The molecule has 0 fully saturated rings. The third kappa shape index (κ3) is 2.86. The van der Waals surface area contributed by atoms with Crippen LogP contribution in [0.15, 0.2) is 24.3 Å². The van der Waals surface area contributed by atoms with Gasteiger partial charge in [-0.25, -0.2) is 4.39 Å². The van der Waals surface area contributed by atoms with Crippen LogP contribution in [0.5, 0.6) is 0 Å². The van der Waals surface area contributed by atoms with Crippen LogP contribution in [-0.2, 0) is 0 Å². The van der Waals surface area contributed by atoms with Crippen LogP contribution in [0.4, 0.5) is 4.39 Å². The van der Waals surface area contributed by atoms with Crippen LogP contribution in [0.25, 0.3) is 0 Å². The Morgan fingerprint density at radius 3 is 2.69 bits per heavy atom. The Hall–Kier alpha value is -1.38. The minimum absolute atomic E-state index is 0.191. The summed E-state index contributed by atoms with van der Waals surface area (Å²) in [6.07, 6.45) is 0.